The van der Waals surface area contributed by atoms with Crippen LogP contribution in [0.4, 0.5) is 5.69 Å². The van der Waals surface area contributed by atoms with Crippen molar-refractivity contribution in [2.45, 2.75) is 37.7 Å². The Morgan fingerprint density at radius 2 is 2.08 bits per heavy atom. The second-order valence-corrected chi connectivity index (χ2v) is 10.3. The van der Waals surface area contributed by atoms with E-state index in [1.54, 1.807) is 13.8 Å². The van der Waals surface area contributed by atoms with Gasteiger partial charge in [0.2, 0.25) is 26.0 Å². The zero-order valence-electron chi connectivity index (χ0n) is 14.6. The zero-order chi connectivity index (χ0) is 19.1. The second-order valence-electron chi connectivity index (χ2n) is 6.72. The number of rotatable bonds is 5. The minimum absolute atomic E-state index is 0.0522. The molecule has 3 rings (SSSR count). The van der Waals surface area contributed by atoms with Crippen molar-refractivity contribution in [2.24, 2.45) is 5.92 Å². The first-order chi connectivity index (χ1) is 12.1. The summed E-state index contributed by atoms with van der Waals surface area (Å²) in [7, 11) is -7.48. The fourth-order valence-corrected chi connectivity index (χ4v) is 6.34. The number of amides is 1. The molecule has 26 heavy (non-hydrogen) atoms. The van der Waals surface area contributed by atoms with Crippen molar-refractivity contribution in [1.82, 2.24) is 4.72 Å². The van der Waals surface area contributed by atoms with Crippen LogP contribution in [-0.2, 0) is 29.6 Å². The predicted molar refractivity (Wildman–Crippen MR) is 95.8 cm³/mol. The van der Waals surface area contributed by atoms with Crippen LogP contribution in [0.2, 0.25) is 0 Å². The van der Waals surface area contributed by atoms with Gasteiger partial charge in [0.25, 0.3) is 0 Å². The van der Waals surface area contributed by atoms with Gasteiger partial charge in [0.15, 0.2) is 0 Å². The molecule has 0 saturated carbocycles. The molecule has 0 bridgehead atoms. The summed E-state index contributed by atoms with van der Waals surface area (Å²) in [4.78, 5) is 12.2. The van der Waals surface area contributed by atoms with Gasteiger partial charge in [-0.1, -0.05) is 6.92 Å². The van der Waals surface area contributed by atoms with E-state index in [-0.39, 0.29) is 29.0 Å². The normalized spacial score (nSPS) is 25.8. The van der Waals surface area contributed by atoms with Gasteiger partial charge in [-0.3, -0.25) is 4.79 Å². The summed E-state index contributed by atoms with van der Waals surface area (Å²) < 4.78 is 58.1. The standard InChI is InChI=1S/C16H22N2O6S2/c1-11-8-13(18-16(19)12(2)10-25(18,20)21)5-6-15(11)26(22,23)17-9-14-4-3-7-24-14/h5-6,8,12,14,17H,3-4,7,9-10H2,1-2H3. The molecule has 0 radical (unpaired) electrons. The van der Waals surface area contributed by atoms with Gasteiger partial charge in [0.1, 0.15) is 0 Å². The number of nitrogens with one attached hydrogen (secondary N) is 1. The van der Waals surface area contributed by atoms with E-state index in [1.165, 1.54) is 18.2 Å². The molecule has 2 fully saturated rings. The number of nitrogens with zero attached hydrogens (tertiary/aromatic N) is 1. The molecule has 0 aliphatic carbocycles. The molecule has 2 saturated heterocycles. The molecule has 2 atom stereocenters. The van der Waals surface area contributed by atoms with E-state index in [1.807, 2.05) is 0 Å². The number of carbonyl (C=O) groups is 1. The van der Waals surface area contributed by atoms with Gasteiger partial charge >= 0.3 is 0 Å². The van der Waals surface area contributed by atoms with Gasteiger partial charge in [0.05, 0.1) is 28.4 Å². The van der Waals surface area contributed by atoms with Crippen LogP contribution >= 0.6 is 0 Å². The Bertz CT molecular complexity index is 920. The Hall–Kier alpha value is -1.49. The van der Waals surface area contributed by atoms with E-state index in [0.717, 1.165) is 17.1 Å². The summed E-state index contributed by atoms with van der Waals surface area (Å²) in [5.74, 6) is -1.36. The Balaban J connectivity index is 1.84. The number of hydrogen-bond acceptors (Lipinski definition) is 6. The first-order valence-electron chi connectivity index (χ1n) is 8.40. The van der Waals surface area contributed by atoms with Gasteiger partial charge in [-0.15, -0.1) is 0 Å². The zero-order valence-corrected chi connectivity index (χ0v) is 16.3. The average Bonchev–Trinajstić information content (AvgIpc) is 3.12. The maximum Gasteiger partial charge on any atom is 0.244 e. The van der Waals surface area contributed by atoms with Gasteiger partial charge in [-0.25, -0.2) is 25.9 Å². The summed E-state index contributed by atoms with van der Waals surface area (Å²) in [6.07, 6.45) is 1.60. The van der Waals surface area contributed by atoms with E-state index >= 15 is 0 Å². The quantitative estimate of drug-likeness (QED) is 0.779. The monoisotopic (exact) mass is 402 g/mol. The molecule has 0 aromatic heterocycles. The fraction of sp³-hybridized carbons (Fsp3) is 0.562. The van der Waals surface area contributed by atoms with Crippen LogP contribution in [-0.4, -0.2) is 47.8 Å². The minimum atomic E-state index is -3.75. The van der Waals surface area contributed by atoms with E-state index < -0.39 is 31.9 Å². The van der Waals surface area contributed by atoms with Crippen molar-refractivity contribution in [2.75, 3.05) is 23.2 Å². The van der Waals surface area contributed by atoms with Crippen molar-refractivity contribution in [3.8, 4) is 0 Å². The maximum absolute atomic E-state index is 12.5. The molecule has 2 aliphatic rings. The molecule has 1 N–H and O–H groups in total. The average molecular weight is 402 g/mol. The number of benzene rings is 1. The number of aryl methyl sites for hydroxylation is 1. The van der Waals surface area contributed by atoms with Crippen molar-refractivity contribution in [3.63, 3.8) is 0 Å². The van der Waals surface area contributed by atoms with Crippen LogP contribution in [0.25, 0.3) is 0 Å². The molecule has 10 heteroatoms. The van der Waals surface area contributed by atoms with Crippen LogP contribution in [0, 0.1) is 12.8 Å². The lowest BCUT2D eigenvalue weighted by Crippen LogP contribution is -2.32. The molecule has 8 nitrogen and oxygen atoms in total. The van der Waals surface area contributed by atoms with Gasteiger partial charge < -0.3 is 4.74 Å². The highest BCUT2D eigenvalue weighted by molar-refractivity contribution is 7.94. The topological polar surface area (TPSA) is 110 Å². The molecule has 2 unspecified atom stereocenters. The number of carbonyl (C=O) groups excluding carboxylic acids is 1. The van der Waals surface area contributed by atoms with Crippen LogP contribution in [0.1, 0.15) is 25.3 Å². The lowest BCUT2D eigenvalue weighted by Gasteiger charge is -2.18. The highest BCUT2D eigenvalue weighted by Gasteiger charge is 2.42. The first kappa shape index (κ1) is 19.3. The third-order valence-corrected chi connectivity index (χ3v) is 8.02. The van der Waals surface area contributed by atoms with E-state index in [4.69, 9.17) is 4.74 Å². The maximum atomic E-state index is 12.5. The predicted octanol–water partition coefficient (Wildman–Crippen LogP) is 0.765. The highest BCUT2D eigenvalue weighted by atomic mass is 32.2. The van der Waals surface area contributed by atoms with E-state index in [0.29, 0.717) is 12.2 Å². The highest BCUT2D eigenvalue weighted by Crippen LogP contribution is 2.30. The van der Waals surface area contributed by atoms with E-state index in [2.05, 4.69) is 4.72 Å². The number of sulfonamides is 2. The fourth-order valence-electron chi connectivity index (χ4n) is 3.23. The van der Waals surface area contributed by atoms with Crippen LogP contribution in [0.3, 0.4) is 0 Å². The van der Waals surface area contributed by atoms with Crippen molar-refractivity contribution < 1.29 is 26.4 Å². The summed E-state index contributed by atoms with van der Waals surface area (Å²) in [5.41, 5.74) is 0.528. The Kier molecular flexibility index (Phi) is 5.13. The van der Waals surface area contributed by atoms with Crippen LogP contribution in [0.5, 0.6) is 0 Å². The lowest BCUT2D eigenvalue weighted by molar-refractivity contribution is -0.119. The Morgan fingerprint density at radius 3 is 2.62 bits per heavy atom. The summed E-state index contributed by atoms with van der Waals surface area (Å²) in [6.45, 7) is 3.96. The SMILES string of the molecule is Cc1cc(N2C(=O)C(C)CS2(=O)=O)ccc1S(=O)(=O)NCC1CCCO1. The molecular formula is C16H22N2O6S2. The van der Waals surface area contributed by atoms with Gasteiger partial charge in [-0.2, -0.15) is 0 Å². The molecule has 0 spiro atoms. The Morgan fingerprint density at radius 1 is 1.35 bits per heavy atom. The summed E-state index contributed by atoms with van der Waals surface area (Å²) in [6, 6.07) is 4.09. The number of ether oxygens (including phenoxy) is 1. The molecule has 2 heterocycles. The molecule has 1 aromatic carbocycles. The third kappa shape index (κ3) is 3.64. The second kappa shape index (κ2) is 6.91. The smallest absolute Gasteiger partial charge is 0.244 e. The van der Waals surface area contributed by atoms with Gasteiger partial charge in [0, 0.05) is 13.2 Å². The van der Waals surface area contributed by atoms with Crippen molar-refractivity contribution in [1.29, 1.82) is 0 Å². The number of hydrogen-bond donors (Lipinski definition) is 1. The molecule has 1 aromatic rings. The van der Waals surface area contributed by atoms with Crippen molar-refractivity contribution in [3.05, 3.63) is 23.8 Å². The molecule has 2 aliphatic heterocycles. The molecule has 1 amide bonds. The van der Waals surface area contributed by atoms with Crippen LogP contribution in [0.15, 0.2) is 23.1 Å². The first-order valence-corrected chi connectivity index (χ1v) is 11.5. The third-order valence-electron chi connectivity index (χ3n) is 4.57. The minimum Gasteiger partial charge on any atom is -0.377 e. The number of anilines is 1. The van der Waals surface area contributed by atoms with Crippen LogP contribution < -0.4 is 9.03 Å². The Labute approximate surface area is 153 Å². The van der Waals surface area contributed by atoms with Crippen molar-refractivity contribution >= 4 is 31.6 Å². The molecule has 144 valence electrons. The molecular weight excluding hydrogens is 380 g/mol. The van der Waals surface area contributed by atoms with Gasteiger partial charge in [-0.05, 0) is 43.5 Å². The largest absolute Gasteiger partial charge is 0.377 e. The lowest BCUT2D eigenvalue weighted by atomic mass is 10.2. The summed E-state index contributed by atoms with van der Waals surface area (Å²) >= 11 is 0. The van der Waals surface area contributed by atoms with E-state index in [9.17, 15) is 21.6 Å². The summed E-state index contributed by atoms with van der Waals surface area (Å²) in [5, 5.41) is 0.